The van der Waals surface area contributed by atoms with Gasteiger partial charge in [-0.25, -0.2) is 4.98 Å². The highest BCUT2D eigenvalue weighted by atomic mass is 32.1. The fraction of sp³-hybridized carbons (Fsp3) is 0.438. The maximum absolute atomic E-state index is 12.5. The second-order valence-corrected chi connectivity index (χ2v) is 7.05. The van der Waals surface area contributed by atoms with E-state index in [0.717, 1.165) is 10.7 Å². The third kappa shape index (κ3) is 2.71. The predicted molar refractivity (Wildman–Crippen MR) is 85.5 cm³/mol. The van der Waals surface area contributed by atoms with Gasteiger partial charge in [-0.15, -0.1) is 11.3 Å². The van der Waals surface area contributed by atoms with E-state index in [1.807, 2.05) is 12.3 Å². The van der Waals surface area contributed by atoms with E-state index in [-0.39, 0.29) is 30.6 Å². The number of hydrogen-bond acceptors (Lipinski definition) is 6. The van der Waals surface area contributed by atoms with Gasteiger partial charge >= 0.3 is 0 Å². The van der Waals surface area contributed by atoms with Crippen LogP contribution in [0.2, 0.25) is 0 Å². The molecule has 4 heterocycles. The second kappa shape index (κ2) is 6.03. The summed E-state index contributed by atoms with van der Waals surface area (Å²) in [4.78, 5) is 32.7. The first kappa shape index (κ1) is 15.3. The number of aromatic nitrogens is 1. The minimum Gasteiger partial charge on any atom is -0.459 e. The van der Waals surface area contributed by atoms with Crippen LogP contribution >= 0.6 is 11.3 Å². The number of furan rings is 1. The molecule has 0 saturated carbocycles. The van der Waals surface area contributed by atoms with Crippen LogP contribution in [-0.2, 0) is 16.1 Å². The van der Waals surface area contributed by atoms with E-state index in [0.29, 0.717) is 25.4 Å². The summed E-state index contributed by atoms with van der Waals surface area (Å²) < 4.78 is 10.8. The van der Waals surface area contributed by atoms with Crippen LogP contribution in [0.3, 0.4) is 0 Å². The van der Waals surface area contributed by atoms with Crippen molar-refractivity contribution in [2.45, 2.75) is 25.6 Å². The summed E-state index contributed by atoms with van der Waals surface area (Å²) >= 11 is 1.57. The van der Waals surface area contributed by atoms with Gasteiger partial charge in [-0.2, -0.15) is 0 Å². The van der Waals surface area contributed by atoms with Crippen molar-refractivity contribution in [3.8, 4) is 0 Å². The number of rotatable bonds is 3. The fourth-order valence-electron chi connectivity index (χ4n) is 3.25. The van der Waals surface area contributed by atoms with Gasteiger partial charge in [-0.3, -0.25) is 9.59 Å². The highest BCUT2D eigenvalue weighted by molar-refractivity contribution is 7.09. The van der Waals surface area contributed by atoms with E-state index < -0.39 is 0 Å². The molecule has 2 atom stereocenters. The minimum absolute atomic E-state index is 0.0487. The van der Waals surface area contributed by atoms with E-state index in [1.165, 1.54) is 6.26 Å². The average Bonchev–Trinajstić information content (AvgIpc) is 3.30. The molecule has 0 bridgehead atoms. The number of fused-ring (bicyclic) bond motifs is 1. The van der Waals surface area contributed by atoms with Crippen LogP contribution < -0.4 is 0 Å². The van der Waals surface area contributed by atoms with Crippen molar-refractivity contribution in [1.82, 2.24) is 14.8 Å². The van der Waals surface area contributed by atoms with Crippen LogP contribution in [0.1, 0.15) is 21.3 Å². The molecule has 4 rings (SSSR count). The van der Waals surface area contributed by atoms with Crippen molar-refractivity contribution in [2.75, 3.05) is 19.7 Å². The molecule has 2 aliphatic rings. The molecule has 2 aromatic heterocycles. The van der Waals surface area contributed by atoms with Gasteiger partial charge in [-0.1, -0.05) is 0 Å². The van der Waals surface area contributed by atoms with Gasteiger partial charge in [-0.05, 0) is 19.1 Å². The van der Waals surface area contributed by atoms with E-state index in [1.54, 1.807) is 33.3 Å². The van der Waals surface area contributed by atoms with Crippen LogP contribution in [0.5, 0.6) is 0 Å². The number of morpholine rings is 1. The van der Waals surface area contributed by atoms with Crippen LogP contribution in [-0.4, -0.2) is 58.4 Å². The van der Waals surface area contributed by atoms with Gasteiger partial charge in [0.05, 0.1) is 35.7 Å². The summed E-state index contributed by atoms with van der Waals surface area (Å²) in [6, 6.07) is 3.19. The Bertz CT molecular complexity index is 757. The molecule has 126 valence electrons. The summed E-state index contributed by atoms with van der Waals surface area (Å²) in [7, 11) is 0. The Morgan fingerprint density at radius 3 is 3.04 bits per heavy atom. The number of likely N-dealkylation sites (tertiary alicyclic amines) is 1. The molecule has 0 spiro atoms. The van der Waals surface area contributed by atoms with Crippen molar-refractivity contribution >= 4 is 23.2 Å². The summed E-state index contributed by atoms with van der Waals surface area (Å²) in [5.41, 5.74) is 0.877. The number of carbonyl (C=O) groups is 2. The quantitative estimate of drug-likeness (QED) is 0.836. The van der Waals surface area contributed by atoms with Crippen LogP contribution in [0.15, 0.2) is 28.2 Å². The molecule has 0 radical (unpaired) electrons. The zero-order valence-corrected chi connectivity index (χ0v) is 14.0. The topological polar surface area (TPSA) is 75.9 Å². The molecule has 2 aromatic rings. The van der Waals surface area contributed by atoms with Crippen molar-refractivity contribution in [1.29, 1.82) is 0 Å². The van der Waals surface area contributed by atoms with Crippen molar-refractivity contribution in [3.63, 3.8) is 0 Å². The average molecular weight is 347 g/mol. The molecular formula is C16H17N3O4S. The Labute approximate surface area is 142 Å². The highest BCUT2D eigenvalue weighted by Crippen LogP contribution is 2.26. The van der Waals surface area contributed by atoms with Crippen molar-refractivity contribution in [3.05, 3.63) is 40.2 Å². The lowest BCUT2D eigenvalue weighted by molar-refractivity contribution is -0.154. The number of nitrogens with zero attached hydrogens (tertiary/aromatic N) is 3. The first-order valence-corrected chi connectivity index (χ1v) is 8.64. The molecule has 0 N–H and O–H groups in total. The molecule has 8 heteroatoms. The van der Waals surface area contributed by atoms with Gasteiger partial charge in [0.25, 0.3) is 5.91 Å². The highest BCUT2D eigenvalue weighted by Gasteiger charge is 2.45. The van der Waals surface area contributed by atoms with Gasteiger partial charge in [0, 0.05) is 18.5 Å². The summed E-state index contributed by atoms with van der Waals surface area (Å²) in [6.45, 7) is 3.35. The number of thiazole rings is 1. The molecular weight excluding hydrogens is 330 g/mol. The molecule has 2 saturated heterocycles. The van der Waals surface area contributed by atoms with E-state index in [9.17, 15) is 9.59 Å². The lowest BCUT2D eigenvalue weighted by atomic mass is 10.1. The largest absolute Gasteiger partial charge is 0.459 e. The Hall–Kier alpha value is -2.19. The van der Waals surface area contributed by atoms with E-state index >= 15 is 0 Å². The number of amides is 2. The van der Waals surface area contributed by atoms with Gasteiger partial charge < -0.3 is 19.0 Å². The number of ether oxygens (including phenoxy) is 1. The van der Waals surface area contributed by atoms with Gasteiger partial charge in [0.15, 0.2) is 5.76 Å². The van der Waals surface area contributed by atoms with Crippen molar-refractivity contribution < 1.29 is 18.7 Å². The zero-order valence-electron chi connectivity index (χ0n) is 13.2. The third-order valence-electron chi connectivity index (χ3n) is 4.40. The molecule has 0 aliphatic carbocycles. The Morgan fingerprint density at radius 2 is 2.33 bits per heavy atom. The summed E-state index contributed by atoms with van der Waals surface area (Å²) in [6.07, 6.45) is 1.31. The molecule has 2 fully saturated rings. The first-order valence-electron chi connectivity index (χ1n) is 7.76. The Morgan fingerprint density at radius 1 is 1.46 bits per heavy atom. The molecule has 7 nitrogen and oxygen atoms in total. The molecule has 0 unspecified atom stereocenters. The number of hydrogen-bond donors (Lipinski definition) is 0. The number of aryl methyl sites for hydroxylation is 1. The molecule has 0 aromatic carbocycles. The Balaban J connectivity index is 1.51. The summed E-state index contributed by atoms with van der Waals surface area (Å²) in [5, 5.41) is 2.94. The van der Waals surface area contributed by atoms with Crippen molar-refractivity contribution in [2.24, 2.45) is 0 Å². The van der Waals surface area contributed by atoms with Crippen LogP contribution in [0, 0.1) is 6.92 Å². The van der Waals surface area contributed by atoms with Gasteiger partial charge in [0.2, 0.25) is 5.91 Å². The molecule has 2 amide bonds. The predicted octanol–water partition coefficient (Wildman–Crippen LogP) is 1.30. The lowest BCUT2D eigenvalue weighted by Crippen LogP contribution is -2.53. The normalized spacial score (nSPS) is 23.6. The van der Waals surface area contributed by atoms with E-state index in [2.05, 4.69) is 4.98 Å². The molecule has 24 heavy (non-hydrogen) atoms. The van der Waals surface area contributed by atoms with Crippen LogP contribution in [0.25, 0.3) is 0 Å². The zero-order chi connectivity index (χ0) is 16.7. The standard InChI is InChI=1S/C16H17N3O4S/c1-10-17-11(9-24-10)5-19-12-6-18(7-14(12)23-8-15(19)20)16(21)13-3-2-4-22-13/h2-4,9,12,14H,5-8H2,1H3/t12-,14-/m1/s1. The monoisotopic (exact) mass is 347 g/mol. The smallest absolute Gasteiger partial charge is 0.289 e. The Kier molecular flexibility index (Phi) is 3.85. The minimum atomic E-state index is -0.171. The lowest BCUT2D eigenvalue weighted by Gasteiger charge is -2.36. The first-order chi connectivity index (χ1) is 11.6. The summed E-state index contributed by atoms with van der Waals surface area (Å²) in [5.74, 6) is 0.0748. The maximum Gasteiger partial charge on any atom is 0.289 e. The SMILES string of the molecule is Cc1nc(CN2C(=O)CO[C@@H]3CN(C(=O)c4ccco4)C[C@H]32)cs1. The second-order valence-electron chi connectivity index (χ2n) is 5.98. The number of carbonyl (C=O) groups excluding carboxylic acids is 2. The maximum atomic E-state index is 12.5. The van der Waals surface area contributed by atoms with Gasteiger partial charge in [0.1, 0.15) is 6.61 Å². The fourth-order valence-corrected chi connectivity index (χ4v) is 3.85. The third-order valence-corrected chi connectivity index (χ3v) is 5.22. The molecule has 2 aliphatic heterocycles. The van der Waals surface area contributed by atoms with Crippen LogP contribution in [0.4, 0.5) is 0 Å². The van der Waals surface area contributed by atoms with E-state index in [4.69, 9.17) is 9.15 Å².